The van der Waals surface area contributed by atoms with E-state index in [1.54, 1.807) is 0 Å². The predicted octanol–water partition coefficient (Wildman–Crippen LogP) is 3.14. The summed E-state index contributed by atoms with van der Waals surface area (Å²) in [4.78, 5) is 2.03. The molecule has 0 atom stereocenters. The molecular weight excluding hydrogens is 398 g/mol. The van der Waals surface area contributed by atoms with Gasteiger partial charge in [-0.2, -0.15) is 4.31 Å². The van der Waals surface area contributed by atoms with Crippen molar-refractivity contribution in [2.24, 2.45) is 5.41 Å². The normalized spacial score (nSPS) is 25.5. The first-order valence-electron chi connectivity index (χ1n) is 10.6. The third-order valence-electron chi connectivity index (χ3n) is 7.21. The molecule has 3 aliphatic rings. The van der Waals surface area contributed by atoms with Gasteiger partial charge in [0.05, 0.1) is 10.5 Å². The van der Waals surface area contributed by atoms with E-state index in [9.17, 15) is 22.3 Å². The zero-order valence-corrected chi connectivity index (χ0v) is 17.6. The highest BCUT2D eigenvalue weighted by atomic mass is 32.2. The van der Waals surface area contributed by atoms with Crippen LogP contribution in [0.5, 0.6) is 0 Å². The minimum Gasteiger partial charge on any atom is -0.389 e. The number of piperidine rings is 1. The van der Waals surface area contributed by atoms with Gasteiger partial charge in [-0.1, -0.05) is 0 Å². The SMILES string of the molecule is O=S(=O)(c1cc(F)cc(F)c1)N1CCC2(CC1)CCC(O)(CN1CCCC1)CC2. The Bertz CT molecular complexity index is 817. The zero-order valence-electron chi connectivity index (χ0n) is 16.7. The molecule has 2 aliphatic heterocycles. The van der Waals surface area contributed by atoms with Gasteiger partial charge < -0.3 is 10.0 Å². The van der Waals surface area contributed by atoms with E-state index in [1.165, 1.54) is 17.1 Å². The Morgan fingerprint density at radius 3 is 1.97 bits per heavy atom. The molecule has 3 fully saturated rings. The molecule has 1 saturated carbocycles. The molecule has 1 N–H and O–H groups in total. The Hall–Kier alpha value is -1.09. The van der Waals surface area contributed by atoms with E-state index in [0.717, 1.165) is 70.3 Å². The summed E-state index contributed by atoms with van der Waals surface area (Å²) in [5, 5.41) is 11.0. The number of hydrogen-bond donors (Lipinski definition) is 1. The molecule has 0 radical (unpaired) electrons. The lowest BCUT2D eigenvalue weighted by Crippen LogP contribution is -2.50. The topological polar surface area (TPSA) is 60.9 Å². The van der Waals surface area contributed by atoms with Crippen molar-refractivity contribution in [1.82, 2.24) is 9.21 Å². The van der Waals surface area contributed by atoms with Crippen molar-refractivity contribution in [3.8, 4) is 0 Å². The van der Waals surface area contributed by atoms with Gasteiger partial charge in [0, 0.05) is 25.7 Å². The number of halogens is 2. The largest absolute Gasteiger partial charge is 0.389 e. The average molecular weight is 429 g/mol. The maximum absolute atomic E-state index is 13.5. The minimum atomic E-state index is -3.90. The Morgan fingerprint density at radius 2 is 1.41 bits per heavy atom. The van der Waals surface area contributed by atoms with Crippen LogP contribution in [0.1, 0.15) is 51.4 Å². The summed E-state index contributed by atoms with van der Waals surface area (Å²) >= 11 is 0. The summed E-state index contributed by atoms with van der Waals surface area (Å²) in [7, 11) is -3.90. The lowest BCUT2D eigenvalue weighted by Gasteiger charge is -2.48. The van der Waals surface area contributed by atoms with Crippen LogP contribution in [0, 0.1) is 17.0 Å². The highest BCUT2D eigenvalue weighted by Gasteiger charge is 2.45. The lowest BCUT2D eigenvalue weighted by atomic mass is 9.64. The van der Waals surface area contributed by atoms with Crippen molar-refractivity contribution < 1.29 is 22.3 Å². The van der Waals surface area contributed by atoms with E-state index in [2.05, 4.69) is 4.90 Å². The molecule has 5 nitrogen and oxygen atoms in total. The van der Waals surface area contributed by atoms with Gasteiger partial charge >= 0.3 is 0 Å². The van der Waals surface area contributed by atoms with Gasteiger partial charge in [0.25, 0.3) is 0 Å². The molecular formula is C21H30F2N2O3S. The Labute approximate surface area is 171 Å². The molecule has 0 amide bonds. The van der Waals surface area contributed by atoms with Crippen LogP contribution in [0.2, 0.25) is 0 Å². The molecule has 4 rings (SSSR count). The predicted molar refractivity (Wildman–Crippen MR) is 106 cm³/mol. The fourth-order valence-electron chi connectivity index (χ4n) is 5.29. The fourth-order valence-corrected chi connectivity index (χ4v) is 6.77. The smallest absolute Gasteiger partial charge is 0.243 e. The average Bonchev–Trinajstić information content (AvgIpc) is 3.17. The lowest BCUT2D eigenvalue weighted by molar-refractivity contribution is -0.0625. The maximum atomic E-state index is 13.5. The number of benzene rings is 1. The highest BCUT2D eigenvalue weighted by molar-refractivity contribution is 7.89. The van der Waals surface area contributed by atoms with Crippen molar-refractivity contribution in [3.05, 3.63) is 29.8 Å². The molecule has 0 aromatic heterocycles. The summed E-state index contributed by atoms with van der Waals surface area (Å²) in [5.41, 5.74) is -0.561. The molecule has 0 unspecified atom stereocenters. The summed E-state index contributed by atoms with van der Waals surface area (Å²) in [6, 6.07) is 2.43. The first-order chi connectivity index (χ1) is 13.7. The van der Waals surface area contributed by atoms with E-state index in [4.69, 9.17) is 0 Å². The minimum absolute atomic E-state index is 0.0659. The molecule has 2 saturated heterocycles. The van der Waals surface area contributed by atoms with Crippen LogP contribution in [0.3, 0.4) is 0 Å². The van der Waals surface area contributed by atoms with Crippen molar-refractivity contribution in [2.45, 2.75) is 61.9 Å². The monoisotopic (exact) mass is 428 g/mol. The van der Waals surface area contributed by atoms with E-state index in [1.807, 2.05) is 0 Å². The number of aliphatic hydroxyl groups is 1. The number of likely N-dealkylation sites (tertiary alicyclic amines) is 1. The molecule has 1 aromatic carbocycles. The first kappa shape index (κ1) is 21.2. The molecule has 2 heterocycles. The molecule has 1 aliphatic carbocycles. The maximum Gasteiger partial charge on any atom is 0.243 e. The van der Waals surface area contributed by atoms with Crippen LogP contribution in [0.15, 0.2) is 23.1 Å². The van der Waals surface area contributed by atoms with Crippen LogP contribution < -0.4 is 0 Å². The van der Waals surface area contributed by atoms with Gasteiger partial charge in [-0.3, -0.25) is 0 Å². The van der Waals surface area contributed by atoms with Gasteiger partial charge in [0.2, 0.25) is 10.0 Å². The Morgan fingerprint density at radius 1 is 0.862 bits per heavy atom. The summed E-state index contributed by atoms with van der Waals surface area (Å²) in [6.07, 6.45) is 7.18. The number of rotatable bonds is 4. The summed E-state index contributed by atoms with van der Waals surface area (Å²) < 4.78 is 53.9. The van der Waals surface area contributed by atoms with Crippen LogP contribution >= 0.6 is 0 Å². The van der Waals surface area contributed by atoms with Crippen LogP contribution in [-0.2, 0) is 10.0 Å². The highest BCUT2D eigenvalue weighted by Crippen LogP contribution is 2.48. The molecule has 1 aromatic rings. The van der Waals surface area contributed by atoms with Crippen LogP contribution in [-0.4, -0.2) is 61.1 Å². The Kier molecular flexibility index (Phi) is 5.74. The van der Waals surface area contributed by atoms with Gasteiger partial charge in [0.1, 0.15) is 11.6 Å². The van der Waals surface area contributed by atoms with Gasteiger partial charge in [-0.25, -0.2) is 17.2 Å². The number of β-amino-alcohol motifs (C(OH)–C–C–N with tert-alkyl or cyclic N) is 1. The van der Waals surface area contributed by atoms with E-state index in [-0.39, 0.29) is 10.3 Å². The quantitative estimate of drug-likeness (QED) is 0.801. The second-order valence-electron chi connectivity index (χ2n) is 9.22. The van der Waals surface area contributed by atoms with Crippen molar-refractivity contribution >= 4 is 10.0 Å². The summed E-state index contributed by atoms with van der Waals surface area (Å²) in [6.45, 7) is 3.59. The van der Waals surface area contributed by atoms with E-state index >= 15 is 0 Å². The molecule has 162 valence electrons. The van der Waals surface area contributed by atoms with Gasteiger partial charge in [-0.15, -0.1) is 0 Å². The second-order valence-corrected chi connectivity index (χ2v) is 11.2. The third-order valence-corrected chi connectivity index (χ3v) is 9.09. The number of nitrogens with zero attached hydrogens (tertiary/aromatic N) is 2. The van der Waals surface area contributed by atoms with E-state index in [0.29, 0.717) is 19.2 Å². The molecule has 29 heavy (non-hydrogen) atoms. The molecule has 1 spiro atoms. The van der Waals surface area contributed by atoms with Crippen LogP contribution in [0.4, 0.5) is 8.78 Å². The van der Waals surface area contributed by atoms with Crippen molar-refractivity contribution in [2.75, 3.05) is 32.7 Å². The van der Waals surface area contributed by atoms with E-state index < -0.39 is 27.3 Å². The van der Waals surface area contributed by atoms with Crippen LogP contribution in [0.25, 0.3) is 0 Å². The van der Waals surface area contributed by atoms with Crippen molar-refractivity contribution in [3.63, 3.8) is 0 Å². The number of sulfonamides is 1. The number of hydrogen-bond acceptors (Lipinski definition) is 4. The van der Waals surface area contributed by atoms with Gasteiger partial charge in [0.15, 0.2) is 0 Å². The second kappa shape index (κ2) is 7.87. The Balaban J connectivity index is 1.37. The standard InChI is InChI=1S/C21H30F2N2O3S/c22-17-13-18(23)15-19(14-17)29(27,28)25-11-7-20(8-12-25)3-5-21(26,6-4-20)16-24-9-1-2-10-24/h13-15,26H,1-12,16H2. The molecule has 8 heteroatoms. The zero-order chi connectivity index (χ0) is 20.7. The first-order valence-corrected chi connectivity index (χ1v) is 12.0. The molecule has 0 bridgehead atoms. The summed E-state index contributed by atoms with van der Waals surface area (Å²) in [5.74, 6) is -1.77. The van der Waals surface area contributed by atoms with Gasteiger partial charge in [-0.05, 0) is 82.0 Å². The van der Waals surface area contributed by atoms with Crippen molar-refractivity contribution in [1.29, 1.82) is 0 Å². The third kappa shape index (κ3) is 4.50. The fraction of sp³-hybridized carbons (Fsp3) is 0.714.